The molecule has 6 heteroatoms. The number of furan rings is 1. The number of aromatic nitrogens is 1. The van der Waals surface area contributed by atoms with E-state index in [1.807, 2.05) is 6.07 Å². The molecule has 1 N–H and O–H groups in total. The highest BCUT2D eigenvalue weighted by Gasteiger charge is 2.40. The molecule has 0 saturated carbocycles. The van der Waals surface area contributed by atoms with Crippen molar-refractivity contribution >= 4 is 16.9 Å². The molecule has 2 unspecified atom stereocenters. The largest absolute Gasteiger partial charge is 0.461 e. The van der Waals surface area contributed by atoms with E-state index >= 15 is 0 Å². The summed E-state index contributed by atoms with van der Waals surface area (Å²) in [6.07, 6.45) is 8.16. The summed E-state index contributed by atoms with van der Waals surface area (Å²) < 4.78 is 5.60. The van der Waals surface area contributed by atoms with E-state index in [9.17, 15) is 4.79 Å². The Morgan fingerprint density at radius 3 is 2.83 bits per heavy atom. The molecule has 2 aromatic heterocycles. The van der Waals surface area contributed by atoms with Gasteiger partial charge >= 0.3 is 0 Å². The molecule has 2 bridgehead atoms. The molecule has 6 rings (SSSR count). The number of piperidine rings is 3. The van der Waals surface area contributed by atoms with Gasteiger partial charge in [-0.15, -0.1) is 0 Å². The van der Waals surface area contributed by atoms with Gasteiger partial charge in [-0.3, -0.25) is 14.6 Å². The first kappa shape index (κ1) is 18.7. The van der Waals surface area contributed by atoms with Crippen LogP contribution in [0.4, 0.5) is 0 Å². The number of amides is 1. The fourth-order valence-corrected chi connectivity index (χ4v) is 5.11. The van der Waals surface area contributed by atoms with Gasteiger partial charge in [0.25, 0.3) is 5.91 Å². The molecule has 1 amide bonds. The summed E-state index contributed by atoms with van der Waals surface area (Å²) in [6, 6.07) is 2.41. The number of rotatable bonds is 3. The molecule has 0 aromatic carbocycles. The SMILES string of the molecule is CC1C(NC(=O)c2cc3c(C#CCN4CCCC4)coc3cn2)C2CCN1CC2. The zero-order valence-electron chi connectivity index (χ0n) is 17.0. The Labute approximate surface area is 171 Å². The number of carbonyl (C=O) groups is 1. The van der Waals surface area contributed by atoms with Gasteiger partial charge in [0.1, 0.15) is 12.0 Å². The Morgan fingerprint density at radius 1 is 1.28 bits per heavy atom. The summed E-state index contributed by atoms with van der Waals surface area (Å²) in [4.78, 5) is 22.1. The van der Waals surface area contributed by atoms with Crippen LogP contribution < -0.4 is 5.32 Å². The minimum absolute atomic E-state index is 0.102. The highest BCUT2D eigenvalue weighted by Crippen LogP contribution is 2.32. The zero-order valence-corrected chi connectivity index (χ0v) is 17.0. The fraction of sp³-hybridized carbons (Fsp3) is 0.565. The van der Waals surface area contributed by atoms with Crippen molar-refractivity contribution in [3.05, 3.63) is 29.8 Å². The fourth-order valence-electron chi connectivity index (χ4n) is 5.11. The second-order valence-corrected chi connectivity index (χ2v) is 8.61. The Hall–Kier alpha value is -2.36. The monoisotopic (exact) mass is 392 g/mol. The molecule has 6 heterocycles. The van der Waals surface area contributed by atoms with Crippen LogP contribution in [0.2, 0.25) is 0 Å². The van der Waals surface area contributed by atoms with Crippen LogP contribution in [0.25, 0.3) is 11.0 Å². The van der Waals surface area contributed by atoms with Gasteiger partial charge in [0.15, 0.2) is 5.58 Å². The average Bonchev–Trinajstić information content (AvgIpc) is 3.41. The third-order valence-corrected chi connectivity index (χ3v) is 6.89. The molecule has 2 atom stereocenters. The van der Waals surface area contributed by atoms with Gasteiger partial charge in [-0.1, -0.05) is 11.8 Å². The van der Waals surface area contributed by atoms with Gasteiger partial charge in [0, 0.05) is 17.5 Å². The van der Waals surface area contributed by atoms with Crippen LogP contribution in [0.3, 0.4) is 0 Å². The number of pyridine rings is 1. The summed E-state index contributed by atoms with van der Waals surface area (Å²) in [6.45, 7) is 7.56. The summed E-state index contributed by atoms with van der Waals surface area (Å²) in [5, 5.41) is 4.12. The van der Waals surface area contributed by atoms with Crippen LogP contribution in [-0.4, -0.2) is 65.5 Å². The van der Waals surface area contributed by atoms with Crippen molar-refractivity contribution in [2.75, 3.05) is 32.7 Å². The first-order valence-corrected chi connectivity index (χ1v) is 10.8. The third kappa shape index (κ3) is 3.65. The topological polar surface area (TPSA) is 61.6 Å². The van der Waals surface area contributed by atoms with Crippen molar-refractivity contribution in [3.63, 3.8) is 0 Å². The molecule has 152 valence electrons. The number of nitrogens with one attached hydrogen (secondary N) is 1. The number of nitrogens with zero attached hydrogens (tertiary/aromatic N) is 3. The standard InChI is InChI=1S/C23H28N4O2/c1-16-22(17-6-11-27(16)12-7-17)25-23(28)20-13-19-18(15-29-21(19)14-24-20)5-4-10-26-8-2-3-9-26/h13-17,22H,2-3,6-12H2,1H3,(H,25,28). The number of fused-ring (bicyclic) bond motifs is 4. The summed E-state index contributed by atoms with van der Waals surface area (Å²) in [5.41, 5.74) is 1.93. The Morgan fingerprint density at radius 2 is 2.07 bits per heavy atom. The minimum atomic E-state index is -0.102. The molecule has 2 aromatic rings. The van der Waals surface area contributed by atoms with E-state index in [-0.39, 0.29) is 11.9 Å². The molecular formula is C23H28N4O2. The van der Waals surface area contributed by atoms with Crippen molar-refractivity contribution in [1.82, 2.24) is 20.1 Å². The van der Waals surface area contributed by atoms with Gasteiger partial charge in [0.2, 0.25) is 0 Å². The highest BCUT2D eigenvalue weighted by molar-refractivity contribution is 5.97. The molecular weight excluding hydrogens is 364 g/mol. The highest BCUT2D eigenvalue weighted by atomic mass is 16.3. The van der Waals surface area contributed by atoms with Crippen molar-refractivity contribution in [3.8, 4) is 11.8 Å². The second-order valence-electron chi connectivity index (χ2n) is 8.61. The minimum Gasteiger partial charge on any atom is -0.461 e. The van der Waals surface area contributed by atoms with Crippen LogP contribution >= 0.6 is 0 Å². The molecule has 4 aliphatic heterocycles. The molecule has 4 aliphatic rings. The van der Waals surface area contributed by atoms with Crippen LogP contribution in [0, 0.1) is 17.8 Å². The Bertz CT molecular complexity index is 956. The smallest absolute Gasteiger partial charge is 0.270 e. The normalized spacial score (nSPS) is 29.0. The van der Waals surface area contributed by atoms with Crippen LogP contribution in [0.1, 0.15) is 48.7 Å². The van der Waals surface area contributed by atoms with E-state index in [2.05, 4.69) is 38.9 Å². The number of hydrogen-bond donors (Lipinski definition) is 1. The van der Waals surface area contributed by atoms with Gasteiger partial charge in [-0.05, 0) is 70.8 Å². The number of carbonyl (C=O) groups excluding carboxylic acids is 1. The zero-order chi connectivity index (χ0) is 19.8. The molecule has 6 nitrogen and oxygen atoms in total. The van der Waals surface area contributed by atoms with Crippen LogP contribution in [0.5, 0.6) is 0 Å². The lowest BCUT2D eigenvalue weighted by Crippen LogP contribution is -2.62. The maximum Gasteiger partial charge on any atom is 0.270 e. The van der Waals surface area contributed by atoms with Gasteiger partial charge in [-0.2, -0.15) is 0 Å². The molecule has 0 radical (unpaired) electrons. The summed E-state index contributed by atoms with van der Waals surface area (Å²) in [7, 11) is 0. The molecule has 4 saturated heterocycles. The predicted molar refractivity (Wildman–Crippen MR) is 112 cm³/mol. The van der Waals surface area contributed by atoms with E-state index in [4.69, 9.17) is 4.42 Å². The van der Waals surface area contributed by atoms with Crippen molar-refractivity contribution in [2.45, 2.75) is 44.7 Å². The van der Waals surface area contributed by atoms with Crippen molar-refractivity contribution in [1.29, 1.82) is 0 Å². The Kier molecular flexibility index (Phi) is 5.03. The van der Waals surface area contributed by atoms with Gasteiger partial charge < -0.3 is 9.73 Å². The molecule has 4 fully saturated rings. The van der Waals surface area contributed by atoms with E-state index in [1.54, 1.807) is 12.5 Å². The van der Waals surface area contributed by atoms with Crippen LogP contribution in [0.15, 0.2) is 22.9 Å². The predicted octanol–water partition coefficient (Wildman–Crippen LogP) is 2.49. The van der Waals surface area contributed by atoms with Crippen LogP contribution in [-0.2, 0) is 0 Å². The van der Waals surface area contributed by atoms with E-state index in [0.717, 1.165) is 43.7 Å². The lowest BCUT2D eigenvalue weighted by atomic mass is 9.79. The first-order chi connectivity index (χ1) is 14.2. The van der Waals surface area contributed by atoms with Crippen molar-refractivity contribution < 1.29 is 9.21 Å². The second kappa shape index (κ2) is 7.81. The van der Waals surface area contributed by atoms with Gasteiger partial charge in [-0.25, -0.2) is 4.98 Å². The maximum absolute atomic E-state index is 12.9. The lowest BCUT2D eigenvalue weighted by molar-refractivity contribution is 0.0216. The molecule has 0 aliphatic carbocycles. The van der Waals surface area contributed by atoms with Crippen molar-refractivity contribution in [2.24, 2.45) is 5.92 Å². The number of hydrogen-bond acceptors (Lipinski definition) is 5. The van der Waals surface area contributed by atoms with E-state index in [0.29, 0.717) is 23.2 Å². The first-order valence-electron chi connectivity index (χ1n) is 10.8. The quantitative estimate of drug-likeness (QED) is 0.814. The van der Waals surface area contributed by atoms with E-state index in [1.165, 1.54) is 25.7 Å². The van der Waals surface area contributed by atoms with E-state index < -0.39 is 0 Å². The number of likely N-dealkylation sites (tertiary alicyclic amines) is 1. The molecule has 29 heavy (non-hydrogen) atoms. The summed E-state index contributed by atoms with van der Waals surface area (Å²) in [5.74, 6) is 6.94. The average molecular weight is 393 g/mol. The lowest BCUT2D eigenvalue weighted by Gasteiger charge is -2.49. The maximum atomic E-state index is 12.9. The van der Waals surface area contributed by atoms with Gasteiger partial charge in [0.05, 0.1) is 18.3 Å². The Balaban J connectivity index is 1.32. The summed E-state index contributed by atoms with van der Waals surface area (Å²) >= 11 is 0. The third-order valence-electron chi connectivity index (χ3n) is 6.89. The molecule has 0 spiro atoms.